The average molecular weight is 343 g/mol. The predicted molar refractivity (Wildman–Crippen MR) is 85.9 cm³/mol. The number of sulfonamides is 1. The molecule has 0 radical (unpaired) electrons. The van der Waals surface area contributed by atoms with E-state index in [0.29, 0.717) is 19.0 Å². The average Bonchev–Trinajstić information content (AvgIpc) is 2.93. The molecule has 2 rings (SSSR count). The molecule has 1 amide bonds. The van der Waals surface area contributed by atoms with Gasteiger partial charge in [-0.1, -0.05) is 6.92 Å². The number of hydrogen-bond donors (Lipinski definition) is 2. The largest absolute Gasteiger partial charge is 0.337 e. The summed E-state index contributed by atoms with van der Waals surface area (Å²) < 4.78 is 28.4. The molecule has 1 aliphatic heterocycles. The maximum atomic E-state index is 12.6. The van der Waals surface area contributed by atoms with Gasteiger partial charge >= 0.3 is 0 Å². The van der Waals surface area contributed by atoms with Gasteiger partial charge in [0.05, 0.1) is 12.2 Å². The number of aryl methyl sites for hydroxylation is 1. The zero-order valence-electron chi connectivity index (χ0n) is 13.8. The third-order valence-electron chi connectivity index (χ3n) is 4.23. The Labute approximate surface area is 137 Å². The van der Waals surface area contributed by atoms with Crippen molar-refractivity contribution in [2.75, 3.05) is 13.1 Å². The summed E-state index contributed by atoms with van der Waals surface area (Å²) in [7, 11) is -2.14. The van der Waals surface area contributed by atoms with Crippen molar-refractivity contribution in [2.24, 2.45) is 18.7 Å². The summed E-state index contributed by atoms with van der Waals surface area (Å²) in [6.07, 6.45) is 4.41. The highest BCUT2D eigenvalue weighted by molar-refractivity contribution is 7.89. The molecule has 9 heteroatoms. The number of piperidine rings is 1. The Bertz CT molecular complexity index is 657. The number of rotatable bonds is 5. The monoisotopic (exact) mass is 343 g/mol. The third kappa shape index (κ3) is 4.10. The zero-order chi connectivity index (χ0) is 17.2. The van der Waals surface area contributed by atoms with Crippen LogP contribution in [0.15, 0.2) is 17.3 Å². The standard InChI is InChI=1S/C14H25N5O3S/c1-10-4-5-19(12(6-10)7-15)14(20)11(2)17-23(21,22)13-8-16-18(3)9-13/h8-12,17H,4-7,15H2,1-3H3. The molecule has 1 aromatic rings. The maximum Gasteiger partial charge on any atom is 0.244 e. The van der Waals surface area contributed by atoms with Crippen LogP contribution in [0.2, 0.25) is 0 Å². The van der Waals surface area contributed by atoms with Gasteiger partial charge in [-0.25, -0.2) is 8.42 Å². The van der Waals surface area contributed by atoms with Crippen molar-refractivity contribution in [3.63, 3.8) is 0 Å². The Kier molecular flexibility index (Phi) is 5.43. The third-order valence-corrected chi connectivity index (χ3v) is 5.72. The van der Waals surface area contributed by atoms with E-state index in [-0.39, 0.29) is 16.8 Å². The highest BCUT2D eigenvalue weighted by Gasteiger charge is 2.33. The van der Waals surface area contributed by atoms with Gasteiger partial charge in [0.2, 0.25) is 15.9 Å². The van der Waals surface area contributed by atoms with Crippen LogP contribution in [0.1, 0.15) is 26.7 Å². The molecule has 0 aliphatic carbocycles. The van der Waals surface area contributed by atoms with E-state index in [1.165, 1.54) is 17.1 Å². The molecular formula is C14H25N5O3S. The first-order chi connectivity index (χ1) is 10.7. The van der Waals surface area contributed by atoms with Crippen molar-refractivity contribution in [1.82, 2.24) is 19.4 Å². The Morgan fingerprint density at radius 1 is 1.57 bits per heavy atom. The van der Waals surface area contributed by atoms with Crippen LogP contribution < -0.4 is 10.5 Å². The predicted octanol–water partition coefficient (Wildman–Crippen LogP) is -0.327. The lowest BCUT2D eigenvalue weighted by Gasteiger charge is -2.39. The molecule has 130 valence electrons. The Hall–Kier alpha value is -1.45. The van der Waals surface area contributed by atoms with E-state index in [1.807, 2.05) is 0 Å². The first kappa shape index (κ1) is 17.9. The zero-order valence-corrected chi connectivity index (χ0v) is 14.6. The summed E-state index contributed by atoms with van der Waals surface area (Å²) in [5.74, 6) is 0.287. The highest BCUT2D eigenvalue weighted by atomic mass is 32.2. The molecule has 0 bridgehead atoms. The summed E-state index contributed by atoms with van der Waals surface area (Å²) in [6.45, 7) is 4.69. The SMILES string of the molecule is CC1CCN(C(=O)C(C)NS(=O)(=O)c2cnn(C)c2)C(CN)C1. The molecule has 2 heterocycles. The van der Waals surface area contributed by atoms with E-state index in [2.05, 4.69) is 16.7 Å². The number of nitrogens with two attached hydrogens (primary N) is 1. The number of carbonyl (C=O) groups is 1. The lowest BCUT2D eigenvalue weighted by molar-refractivity contribution is -0.136. The van der Waals surface area contributed by atoms with Gasteiger partial charge in [-0.3, -0.25) is 9.48 Å². The number of carbonyl (C=O) groups excluding carboxylic acids is 1. The Balaban J connectivity index is 2.07. The van der Waals surface area contributed by atoms with Gasteiger partial charge in [-0.05, 0) is 25.7 Å². The van der Waals surface area contributed by atoms with Gasteiger partial charge in [0.1, 0.15) is 4.90 Å². The first-order valence-electron chi connectivity index (χ1n) is 7.76. The minimum Gasteiger partial charge on any atom is -0.337 e. The molecule has 3 N–H and O–H groups in total. The van der Waals surface area contributed by atoms with Gasteiger partial charge in [0.15, 0.2) is 0 Å². The van der Waals surface area contributed by atoms with Crippen molar-refractivity contribution in [1.29, 1.82) is 0 Å². The first-order valence-corrected chi connectivity index (χ1v) is 9.24. The van der Waals surface area contributed by atoms with E-state index in [1.54, 1.807) is 18.9 Å². The molecule has 1 fully saturated rings. The van der Waals surface area contributed by atoms with Crippen LogP contribution in [0.5, 0.6) is 0 Å². The van der Waals surface area contributed by atoms with Gasteiger partial charge in [0, 0.05) is 32.4 Å². The van der Waals surface area contributed by atoms with Crippen LogP contribution in [-0.4, -0.2) is 54.2 Å². The molecule has 1 saturated heterocycles. The lowest BCUT2D eigenvalue weighted by Crippen LogP contribution is -2.55. The smallest absolute Gasteiger partial charge is 0.244 e. The second-order valence-corrected chi connectivity index (χ2v) is 7.96. The van der Waals surface area contributed by atoms with E-state index in [4.69, 9.17) is 5.73 Å². The van der Waals surface area contributed by atoms with E-state index >= 15 is 0 Å². The van der Waals surface area contributed by atoms with Crippen LogP contribution >= 0.6 is 0 Å². The number of nitrogens with one attached hydrogen (secondary N) is 1. The summed E-state index contributed by atoms with van der Waals surface area (Å²) in [6, 6.07) is -0.876. The molecular weight excluding hydrogens is 318 g/mol. The van der Waals surface area contributed by atoms with Crippen molar-refractivity contribution >= 4 is 15.9 Å². The van der Waals surface area contributed by atoms with E-state index in [9.17, 15) is 13.2 Å². The second-order valence-electron chi connectivity index (χ2n) is 6.24. The Morgan fingerprint density at radius 3 is 2.83 bits per heavy atom. The van der Waals surface area contributed by atoms with E-state index in [0.717, 1.165) is 12.8 Å². The summed E-state index contributed by atoms with van der Waals surface area (Å²) in [5, 5.41) is 3.84. The fraction of sp³-hybridized carbons (Fsp3) is 0.714. The summed E-state index contributed by atoms with van der Waals surface area (Å²) >= 11 is 0. The summed E-state index contributed by atoms with van der Waals surface area (Å²) in [5.41, 5.74) is 5.77. The minimum absolute atomic E-state index is 0.0309. The van der Waals surface area contributed by atoms with Gasteiger partial charge < -0.3 is 10.6 Å². The molecule has 23 heavy (non-hydrogen) atoms. The van der Waals surface area contributed by atoms with Crippen molar-refractivity contribution in [3.8, 4) is 0 Å². The number of hydrogen-bond acceptors (Lipinski definition) is 5. The van der Waals surface area contributed by atoms with Gasteiger partial charge in [-0.2, -0.15) is 9.82 Å². The van der Waals surface area contributed by atoms with Crippen molar-refractivity contribution in [2.45, 2.75) is 43.7 Å². The highest BCUT2D eigenvalue weighted by Crippen LogP contribution is 2.22. The minimum atomic E-state index is -3.77. The number of likely N-dealkylation sites (tertiary alicyclic amines) is 1. The Morgan fingerprint density at radius 2 is 2.26 bits per heavy atom. The normalized spacial score (nSPS) is 23.7. The number of aromatic nitrogens is 2. The van der Waals surface area contributed by atoms with Crippen molar-refractivity contribution < 1.29 is 13.2 Å². The molecule has 1 aromatic heterocycles. The fourth-order valence-corrected chi connectivity index (χ4v) is 4.08. The molecule has 0 saturated carbocycles. The number of amides is 1. The van der Waals surface area contributed by atoms with Crippen LogP contribution in [-0.2, 0) is 21.9 Å². The van der Waals surface area contributed by atoms with Crippen LogP contribution in [0.25, 0.3) is 0 Å². The molecule has 3 atom stereocenters. The number of nitrogens with zero attached hydrogens (tertiary/aromatic N) is 3. The molecule has 0 aromatic carbocycles. The van der Waals surface area contributed by atoms with Gasteiger partial charge in [0.25, 0.3) is 0 Å². The van der Waals surface area contributed by atoms with Crippen molar-refractivity contribution in [3.05, 3.63) is 12.4 Å². The molecule has 1 aliphatic rings. The quantitative estimate of drug-likeness (QED) is 0.761. The van der Waals surface area contributed by atoms with Crippen LogP contribution in [0, 0.1) is 5.92 Å². The molecule has 3 unspecified atom stereocenters. The molecule has 8 nitrogen and oxygen atoms in total. The summed E-state index contributed by atoms with van der Waals surface area (Å²) in [4.78, 5) is 14.4. The molecule has 0 spiro atoms. The van der Waals surface area contributed by atoms with Crippen LogP contribution in [0.4, 0.5) is 0 Å². The second kappa shape index (κ2) is 6.98. The van der Waals surface area contributed by atoms with Crippen LogP contribution in [0.3, 0.4) is 0 Å². The fourth-order valence-electron chi connectivity index (χ4n) is 2.90. The maximum absolute atomic E-state index is 12.6. The van der Waals surface area contributed by atoms with Gasteiger partial charge in [-0.15, -0.1) is 0 Å². The lowest BCUT2D eigenvalue weighted by atomic mass is 9.92. The van der Waals surface area contributed by atoms with E-state index < -0.39 is 16.1 Å². The topological polar surface area (TPSA) is 110 Å².